The molecule has 0 bridgehead atoms. The van der Waals surface area contributed by atoms with Crippen molar-refractivity contribution in [2.24, 2.45) is 0 Å². The molecule has 1 aliphatic rings. The molecule has 0 aliphatic carbocycles. The van der Waals surface area contributed by atoms with Crippen LogP contribution in [0.2, 0.25) is 0 Å². The molecule has 0 saturated heterocycles. The van der Waals surface area contributed by atoms with Crippen molar-refractivity contribution < 1.29 is 27.5 Å². The lowest BCUT2D eigenvalue weighted by Crippen LogP contribution is -2.53. The summed E-state index contributed by atoms with van der Waals surface area (Å²) in [5, 5.41) is 2.93. The topological polar surface area (TPSA) is 105 Å². The lowest BCUT2D eigenvalue weighted by atomic mass is 10.0. The Morgan fingerprint density at radius 1 is 0.951 bits per heavy atom. The van der Waals surface area contributed by atoms with Crippen LogP contribution in [0.3, 0.4) is 0 Å². The van der Waals surface area contributed by atoms with Crippen molar-refractivity contribution in [1.29, 1.82) is 0 Å². The van der Waals surface area contributed by atoms with Crippen LogP contribution in [0.4, 0.5) is 5.69 Å². The molecule has 9 nitrogen and oxygen atoms in total. The van der Waals surface area contributed by atoms with Gasteiger partial charge in [0.25, 0.3) is 0 Å². The number of ether oxygens (including phenoxy) is 2. The lowest BCUT2D eigenvalue weighted by molar-refractivity contribution is -0.140. The van der Waals surface area contributed by atoms with Crippen molar-refractivity contribution in [1.82, 2.24) is 10.2 Å². The van der Waals surface area contributed by atoms with Gasteiger partial charge in [-0.15, -0.1) is 0 Å². The Morgan fingerprint density at radius 3 is 2.34 bits per heavy atom. The minimum atomic E-state index is -3.89. The third kappa shape index (κ3) is 8.23. The lowest BCUT2D eigenvalue weighted by Gasteiger charge is -2.33. The zero-order chi connectivity index (χ0) is 29.4. The summed E-state index contributed by atoms with van der Waals surface area (Å²) in [6.45, 7) is 2.74. The van der Waals surface area contributed by atoms with E-state index in [1.807, 2.05) is 61.5 Å². The average molecular weight is 645 g/mol. The maximum absolute atomic E-state index is 14.1. The standard InChI is InChI=1S/C30H34BrN3O6S/c1-3-14-32-30(36)26(18-22-8-5-4-6-9-22)33(20-23-10-7-11-24(31)17-23)29(35)21-34(41(2,37)38)25-12-13-27-28(19-25)40-16-15-39-27/h4-13,17,19,26H,3,14-16,18,20-21H2,1-2H3,(H,32,36). The van der Waals surface area contributed by atoms with Crippen molar-refractivity contribution >= 4 is 43.5 Å². The fourth-order valence-corrected chi connectivity index (χ4v) is 5.84. The van der Waals surface area contributed by atoms with E-state index in [-0.39, 0.29) is 24.6 Å². The molecule has 1 aliphatic heterocycles. The van der Waals surface area contributed by atoms with Gasteiger partial charge in [0.2, 0.25) is 21.8 Å². The molecule has 0 fully saturated rings. The van der Waals surface area contributed by atoms with Crippen LogP contribution in [0.15, 0.2) is 77.3 Å². The molecule has 3 aromatic rings. The van der Waals surface area contributed by atoms with E-state index in [9.17, 15) is 18.0 Å². The van der Waals surface area contributed by atoms with Gasteiger partial charge < -0.3 is 19.7 Å². The predicted molar refractivity (Wildman–Crippen MR) is 162 cm³/mol. The highest BCUT2D eigenvalue weighted by atomic mass is 79.9. The highest BCUT2D eigenvalue weighted by Gasteiger charge is 2.33. The van der Waals surface area contributed by atoms with E-state index in [0.717, 1.165) is 32.6 Å². The number of nitrogens with one attached hydrogen (secondary N) is 1. The first-order chi connectivity index (χ1) is 19.7. The fourth-order valence-electron chi connectivity index (χ4n) is 4.55. The van der Waals surface area contributed by atoms with E-state index in [1.54, 1.807) is 18.2 Å². The van der Waals surface area contributed by atoms with E-state index in [2.05, 4.69) is 21.2 Å². The van der Waals surface area contributed by atoms with E-state index in [4.69, 9.17) is 9.47 Å². The SMILES string of the molecule is CCCNC(=O)C(Cc1ccccc1)N(Cc1cccc(Br)c1)C(=O)CN(c1ccc2c(c1)OCCO2)S(C)(=O)=O. The summed E-state index contributed by atoms with van der Waals surface area (Å²) in [5.41, 5.74) is 1.94. The molecule has 218 valence electrons. The number of fused-ring (bicyclic) bond motifs is 1. The Bertz CT molecular complexity index is 1470. The summed E-state index contributed by atoms with van der Waals surface area (Å²) >= 11 is 3.48. The van der Waals surface area contributed by atoms with Gasteiger partial charge >= 0.3 is 0 Å². The molecule has 11 heteroatoms. The highest BCUT2D eigenvalue weighted by Crippen LogP contribution is 2.35. The van der Waals surface area contributed by atoms with Gasteiger partial charge in [0.05, 0.1) is 11.9 Å². The number of carbonyl (C=O) groups excluding carboxylic acids is 2. The van der Waals surface area contributed by atoms with Crippen LogP contribution in [0, 0.1) is 0 Å². The number of nitrogens with zero attached hydrogens (tertiary/aromatic N) is 2. The molecule has 1 unspecified atom stereocenters. The van der Waals surface area contributed by atoms with Gasteiger partial charge in [0, 0.05) is 30.0 Å². The average Bonchev–Trinajstić information content (AvgIpc) is 2.96. The van der Waals surface area contributed by atoms with E-state index in [1.165, 1.54) is 4.90 Å². The number of benzene rings is 3. The Balaban J connectivity index is 1.72. The van der Waals surface area contributed by atoms with Crippen molar-refractivity contribution in [3.8, 4) is 11.5 Å². The highest BCUT2D eigenvalue weighted by molar-refractivity contribution is 9.10. The molecule has 4 rings (SSSR count). The van der Waals surface area contributed by atoms with E-state index < -0.39 is 28.5 Å². The molecule has 1 heterocycles. The van der Waals surface area contributed by atoms with Gasteiger partial charge in [0.1, 0.15) is 25.8 Å². The number of amides is 2. The maximum Gasteiger partial charge on any atom is 0.244 e. The molecule has 2 amide bonds. The second-order valence-electron chi connectivity index (χ2n) is 9.75. The molecule has 0 aromatic heterocycles. The van der Waals surface area contributed by atoms with Crippen LogP contribution in [-0.2, 0) is 32.6 Å². The second kappa shape index (κ2) is 13.9. The molecule has 3 aromatic carbocycles. The molecular formula is C30H34BrN3O6S. The van der Waals surface area contributed by atoms with Crippen LogP contribution in [0.5, 0.6) is 11.5 Å². The largest absolute Gasteiger partial charge is 0.486 e. The van der Waals surface area contributed by atoms with Crippen molar-refractivity contribution in [3.63, 3.8) is 0 Å². The maximum atomic E-state index is 14.1. The Labute approximate surface area is 249 Å². The molecule has 1 atom stereocenters. The zero-order valence-electron chi connectivity index (χ0n) is 23.1. The van der Waals surface area contributed by atoms with Crippen molar-refractivity contribution in [3.05, 3.63) is 88.4 Å². The third-order valence-electron chi connectivity index (χ3n) is 6.56. The third-order valence-corrected chi connectivity index (χ3v) is 8.19. The fraction of sp³-hybridized carbons (Fsp3) is 0.333. The van der Waals surface area contributed by atoms with Gasteiger partial charge in [-0.1, -0.05) is 65.3 Å². The molecule has 0 radical (unpaired) electrons. The summed E-state index contributed by atoms with van der Waals surface area (Å²) in [6.07, 6.45) is 2.04. The molecule has 1 N–H and O–H groups in total. The summed E-state index contributed by atoms with van der Waals surface area (Å²) in [7, 11) is -3.89. The Kier molecular flexibility index (Phi) is 10.3. The van der Waals surface area contributed by atoms with Crippen LogP contribution < -0.4 is 19.1 Å². The molecular weight excluding hydrogens is 610 g/mol. The summed E-state index contributed by atoms with van der Waals surface area (Å²) in [5.74, 6) is 0.0930. The zero-order valence-corrected chi connectivity index (χ0v) is 25.5. The first kappa shape index (κ1) is 30.4. The molecule has 0 saturated carbocycles. The first-order valence-electron chi connectivity index (χ1n) is 13.4. The minimum absolute atomic E-state index is 0.105. The quantitative estimate of drug-likeness (QED) is 0.318. The number of hydrogen-bond acceptors (Lipinski definition) is 6. The number of sulfonamides is 1. The van der Waals surface area contributed by atoms with Gasteiger partial charge in [-0.25, -0.2) is 8.42 Å². The Morgan fingerprint density at radius 2 is 1.66 bits per heavy atom. The summed E-state index contributed by atoms with van der Waals surface area (Å²) in [4.78, 5) is 29.1. The predicted octanol–water partition coefficient (Wildman–Crippen LogP) is 4.15. The van der Waals surface area contributed by atoms with Crippen LogP contribution in [0.1, 0.15) is 24.5 Å². The Hall–Kier alpha value is -3.57. The van der Waals surface area contributed by atoms with Crippen LogP contribution >= 0.6 is 15.9 Å². The minimum Gasteiger partial charge on any atom is -0.486 e. The van der Waals surface area contributed by atoms with E-state index in [0.29, 0.717) is 31.3 Å². The number of carbonyl (C=O) groups is 2. The number of halogens is 1. The van der Waals surface area contributed by atoms with E-state index >= 15 is 0 Å². The second-order valence-corrected chi connectivity index (χ2v) is 12.6. The van der Waals surface area contributed by atoms with Gasteiger partial charge in [-0.3, -0.25) is 13.9 Å². The smallest absolute Gasteiger partial charge is 0.244 e. The first-order valence-corrected chi connectivity index (χ1v) is 16.0. The normalized spacial score (nSPS) is 13.2. The summed E-state index contributed by atoms with van der Waals surface area (Å²) < 4.78 is 39.1. The molecule has 41 heavy (non-hydrogen) atoms. The van der Waals surface area contributed by atoms with Crippen molar-refractivity contribution in [2.45, 2.75) is 32.4 Å². The van der Waals surface area contributed by atoms with Gasteiger partial charge in [-0.05, 0) is 41.8 Å². The van der Waals surface area contributed by atoms with Gasteiger partial charge in [0.15, 0.2) is 11.5 Å². The van der Waals surface area contributed by atoms with Crippen LogP contribution in [0.25, 0.3) is 0 Å². The number of anilines is 1. The number of rotatable bonds is 12. The summed E-state index contributed by atoms with van der Waals surface area (Å²) in [6, 6.07) is 20.8. The number of hydrogen-bond donors (Lipinski definition) is 1. The van der Waals surface area contributed by atoms with Crippen molar-refractivity contribution in [2.75, 3.05) is 36.9 Å². The van der Waals surface area contributed by atoms with Crippen LogP contribution in [-0.4, -0.2) is 63.7 Å². The molecule has 0 spiro atoms. The van der Waals surface area contributed by atoms with Gasteiger partial charge in [-0.2, -0.15) is 0 Å². The monoisotopic (exact) mass is 643 g/mol.